The van der Waals surface area contributed by atoms with Crippen molar-refractivity contribution in [2.24, 2.45) is 5.92 Å². The van der Waals surface area contributed by atoms with Crippen molar-refractivity contribution < 1.29 is 9.59 Å². The molecule has 108 valence electrons. The van der Waals surface area contributed by atoms with E-state index in [-0.39, 0.29) is 24.2 Å². The molecule has 4 heteroatoms. The Kier molecular flexibility index (Phi) is 3.86. The first-order valence-corrected chi connectivity index (χ1v) is 7.29. The van der Waals surface area contributed by atoms with E-state index in [0.29, 0.717) is 0 Å². The number of fused-ring (bicyclic) bond motifs is 1. The zero-order valence-corrected chi connectivity index (χ0v) is 11.8. The fourth-order valence-corrected chi connectivity index (χ4v) is 2.57. The van der Waals surface area contributed by atoms with Gasteiger partial charge in [0.2, 0.25) is 11.8 Å². The van der Waals surface area contributed by atoms with E-state index in [0.717, 1.165) is 35.6 Å². The van der Waals surface area contributed by atoms with Crippen LogP contribution in [-0.2, 0) is 16.0 Å². The quantitative estimate of drug-likeness (QED) is 0.849. The molecule has 0 bridgehead atoms. The Bertz CT molecular complexity index is 672. The van der Waals surface area contributed by atoms with Gasteiger partial charge in [0.25, 0.3) is 0 Å². The maximum absolute atomic E-state index is 12.0. The van der Waals surface area contributed by atoms with Crippen LogP contribution < -0.4 is 10.9 Å². The summed E-state index contributed by atoms with van der Waals surface area (Å²) in [5, 5.41) is 2.18. The molecular weight excluding hydrogens is 264 g/mol. The SMILES string of the molecule is O=C(Cc1cccc2ccccc12)NNC(=O)C1CCC1. The Hall–Kier alpha value is -2.36. The second-order valence-corrected chi connectivity index (χ2v) is 5.48. The molecule has 1 saturated carbocycles. The fraction of sp³-hybridized carbons (Fsp3) is 0.294. The molecule has 2 aromatic carbocycles. The van der Waals surface area contributed by atoms with Gasteiger partial charge in [0.15, 0.2) is 0 Å². The van der Waals surface area contributed by atoms with E-state index in [9.17, 15) is 9.59 Å². The maximum atomic E-state index is 12.0. The van der Waals surface area contributed by atoms with Crippen LogP contribution in [0.2, 0.25) is 0 Å². The van der Waals surface area contributed by atoms with E-state index in [4.69, 9.17) is 0 Å². The van der Waals surface area contributed by atoms with Gasteiger partial charge in [-0.15, -0.1) is 0 Å². The first-order valence-electron chi connectivity index (χ1n) is 7.29. The van der Waals surface area contributed by atoms with Crippen LogP contribution in [0, 0.1) is 5.92 Å². The van der Waals surface area contributed by atoms with Gasteiger partial charge in [0.1, 0.15) is 0 Å². The number of benzene rings is 2. The van der Waals surface area contributed by atoms with E-state index in [1.165, 1.54) is 0 Å². The van der Waals surface area contributed by atoms with Gasteiger partial charge in [-0.05, 0) is 29.2 Å². The summed E-state index contributed by atoms with van der Waals surface area (Å²) in [5.74, 6) is -0.200. The molecule has 4 nitrogen and oxygen atoms in total. The number of carbonyl (C=O) groups excluding carboxylic acids is 2. The van der Waals surface area contributed by atoms with Crippen LogP contribution in [0.4, 0.5) is 0 Å². The van der Waals surface area contributed by atoms with Crippen LogP contribution >= 0.6 is 0 Å². The Balaban J connectivity index is 1.62. The smallest absolute Gasteiger partial charge is 0.242 e. The van der Waals surface area contributed by atoms with Crippen LogP contribution in [-0.4, -0.2) is 11.8 Å². The van der Waals surface area contributed by atoms with Crippen molar-refractivity contribution in [1.29, 1.82) is 0 Å². The highest BCUT2D eigenvalue weighted by Crippen LogP contribution is 2.25. The molecule has 0 aromatic heterocycles. The van der Waals surface area contributed by atoms with Crippen molar-refractivity contribution in [2.75, 3.05) is 0 Å². The summed E-state index contributed by atoms with van der Waals surface area (Å²) < 4.78 is 0. The van der Waals surface area contributed by atoms with Crippen molar-refractivity contribution in [1.82, 2.24) is 10.9 Å². The lowest BCUT2D eigenvalue weighted by atomic mass is 9.85. The molecule has 2 aromatic rings. The van der Waals surface area contributed by atoms with Gasteiger partial charge in [0, 0.05) is 5.92 Å². The predicted molar refractivity (Wildman–Crippen MR) is 81.3 cm³/mol. The minimum absolute atomic E-state index is 0.0721. The molecule has 0 unspecified atom stereocenters. The molecule has 1 aliphatic carbocycles. The van der Waals surface area contributed by atoms with Gasteiger partial charge in [-0.2, -0.15) is 0 Å². The van der Waals surface area contributed by atoms with Gasteiger partial charge < -0.3 is 0 Å². The van der Waals surface area contributed by atoms with Crippen molar-refractivity contribution in [3.63, 3.8) is 0 Å². The van der Waals surface area contributed by atoms with E-state index in [2.05, 4.69) is 10.9 Å². The summed E-state index contributed by atoms with van der Waals surface area (Å²) in [6, 6.07) is 13.9. The summed E-state index contributed by atoms with van der Waals surface area (Å²) >= 11 is 0. The van der Waals surface area contributed by atoms with Crippen molar-refractivity contribution >= 4 is 22.6 Å². The van der Waals surface area contributed by atoms with Crippen LogP contribution in [0.1, 0.15) is 24.8 Å². The van der Waals surface area contributed by atoms with Crippen molar-refractivity contribution in [3.05, 3.63) is 48.0 Å². The summed E-state index contributed by atoms with van der Waals surface area (Å²) in [7, 11) is 0. The second-order valence-electron chi connectivity index (χ2n) is 5.48. The van der Waals surface area contributed by atoms with Crippen LogP contribution in [0.3, 0.4) is 0 Å². The molecule has 1 aliphatic rings. The first kappa shape index (κ1) is 13.6. The fourth-order valence-electron chi connectivity index (χ4n) is 2.57. The lowest BCUT2D eigenvalue weighted by molar-refractivity contribution is -0.132. The molecule has 0 aliphatic heterocycles. The average molecular weight is 282 g/mol. The Morgan fingerprint density at radius 2 is 1.76 bits per heavy atom. The standard InChI is InChI=1S/C17H18N2O2/c20-16(18-19-17(21)13-7-4-8-13)11-14-9-3-6-12-5-1-2-10-15(12)14/h1-3,5-6,9-10,13H,4,7-8,11H2,(H,18,20)(H,19,21). The summed E-state index contributed by atoms with van der Waals surface area (Å²) in [5.41, 5.74) is 5.98. The molecule has 0 radical (unpaired) electrons. The van der Waals surface area contributed by atoms with Crippen LogP contribution in [0.15, 0.2) is 42.5 Å². The Morgan fingerprint density at radius 3 is 2.52 bits per heavy atom. The summed E-state index contributed by atoms with van der Waals surface area (Å²) in [6.07, 6.45) is 3.20. The van der Waals surface area contributed by atoms with Gasteiger partial charge in [-0.25, -0.2) is 0 Å². The number of hydrogen-bond donors (Lipinski definition) is 2. The number of nitrogens with one attached hydrogen (secondary N) is 2. The highest BCUT2D eigenvalue weighted by molar-refractivity contribution is 5.91. The average Bonchev–Trinajstić information content (AvgIpc) is 2.44. The largest absolute Gasteiger partial charge is 0.273 e. The lowest BCUT2D eigenvalue weighted by Gasteiger charge is -2.24. The third kappa shape index (κ3) is 3.05. The molecule has 2 N–H and O–H groups in total. The first-order chi connectivity index (χ1) is 10.2. The zero-order chi connectivity index (χ0) is 14.7. The predicted octanol–water partition coefficient (Wildman–Crippen LogP) is 2.33. The maximum Gasteiger partial charge on any atom is 0.242 e. The number of carbonyl (C=O) groups is 2. The second kappa shape index (κ2) is 5.95. The van der Waals surface area contributed by atoms with E-state index < -0.39 is 0 Å². The topological polar surface area (TPSA) is 58.2 Å². The summed E-state index contributed by atoms with van der Waals surface area (Å²) in [4.78, 5) is 23.6. The van der Waals surface area contributed by atoms with E-state index in [1.807, 2.05) is 42.5 Å². The Morgan fingerprint density at radius 1 is 1.00 bits per heavy atom. The van der Waals surface area contributed by atoms with E-state index >= 15 is 0 Å². The molecule has 3 rings (SSSR count). The summed E-state index contributed by atoms with van der Waals surface area (Å²) in [6.45, 7) is 0. The highest BCUT2D eigenvalue weighted by Gasteiger charge is 2.25. The minimum Gasteiger partial charge on any atom is -0.273 e. The van der Waals surface area contributed by atoms with Gasteiger partial charge in [0.05, 0.1) is 6.42 Å². The van der Waals surface area contributed by atoms with Crippen molar-refractivity contribution in [2.45, 2.75) is 25.7 Å². The third-order valence-corrected chi connectivity index (χ3v) is 4.03. The number of hydrazine groups is 1. The molecule has 1 fully saturated rings. The zero-order valence-electron chi connectivity index (χ0n) is 11.8. The molecule has 21 heavy (non-hydrogen) atoms. The third-order valence-electron chi connectivity index (χ3n) is 4.03. The molecular formula is C17H18N2O2. The molecule has 2 amide bonds. The lowest BCUT2D eigenvalue weighted by Crippen LogP contribution is -2.46. The molecule has 0 heterocycles. The molecule has 0 spiro atoms. The highest BCUT2D eigenvalue weighted by atomic mass is 16.2. The van der Waals surface area contributed by atoms with Crippen LogP contribution in [0.25, 0.3) is 10.8 Å². The number of hydrogen-bond acceptors (Lipinski definition) is 2. The molecule has 0 saturated heterocycles. The Labute approximate surface area is 123 Å². The normalized spacial score (nSPS) is 14.5. The van der Waals surface area contributed by atoms with Crippen LogP contribution in [0.5, 0.6) is 0 Å². The van der Waals surface area contributed by atoms with Gasteiger partial charge in [-0.3, -0.25) is 20.4 Å². The van der Waals surface area contributed by atoms with Crippen molar-refractivity contribution in [3.8, 4) is 0 Å². The van der Waals surface area contributed by atoms with Gasteiger partial charge in [-0.1, -0.05) is 48.9 Å². The minimum atomic E-state index is -0.195. The number of amides is 2. The van der Waals surface area contributed by atoms with E-state index in [1.54, 1.807) is 0 Å². The monoisotopic (exact) mass is 282 g/mol. The number of rotatable bonds is 3. The molecule has 0 atom stereocenters. The van der Waals surface area contributed by atoms with Gasteiger partial charge >= 0.3 is 0 Å².